The second-order valence-electron chi connectivity index (χ2n) is 6.85. The number of halogens is 3. The molecule has 2 aromatic rings. The van der Waals surface area contributed by atoms with Gasteiger partial charge < -0.3 is 4.90 Å². The van der Waals surface area contributed by atoms with E-state index in [1.165, 1.54) is 9.21 Å². The van der Waals surface area contributed by atoms with Gasteiger partial charge in [-0.2, -0.15) is 17.5 Å². The molecule has 1 saturated heterocycles. The Morgan fingerprint density at radius 1 is 1.03 bits per heavy atom. The fourth-order valence-corrected chi connectivity index (χ4v) is 4.75. The number of benzene rings is 2. The Balaban J connectivity index is 1.79. The Bertz CT molecular complexity index is 1030. The summed E-state index contributed by atoms with van der Waals surface area (Å²) in [5, 5.41) is 11.3. The number of hydrogen-bond acceptors (Lipinski definition) is 5. The van der Waals surface area contributed by atoms with Crippen LogP contribution in [0, 0.1) is 10.1 Å². The van der Waals surface area contributed by atoms with Crippen molar-refractivity contribution in [3.8, 4) is 0 Å². The van der Waals surface area contributed by atoms with E-state index < -0.39 is 32.4 Å². The number of hydrogen-bond donors (Lipinski definition) is 0. The van der Waals surface area contributed by atoms with Gasteiger partial charge in [0.1, 0.15) is 5.69 Å². The number of anilines is 1. The number of nitrogens with zero attached hydrogens (tertiary/aromatic N) is 3. The molecule has 0 N–H and O–H groups in total. The van der Waals surface area contributed by atoms with Crippen molar-refractivity contribution in [3.05, 3.63) is 63.7 Å². The van der Waals surface area contributed by atoms with Crippen molar-refractivity contribution in [2.24, 2.45) is 0 Å². The van der Waals surface area contributed by atoms with Crippen LogP contribution in [-0.2, 0) is 22.6 Å². The number of alkyl halides is 3. The summed E-state index contributed by atoms with van der Waals surface area (Å²) in [5.41, 5.74) is -0.711. The summed E-state index contributed by atoms with van der Waals surface area (Å²) in [7, 11) is -3.72. The van der Waals surface area contributed by atoms with Gasteiger partial charge in [0.05, 0.1) is 15.4 Å². The van der Waals surface area contributed by atoms with Gasteiger partial charge in [0.25, 0.3) is 5.69 Å². The lowest BCUT2D eigenvalue weighted by atomic mass is 10.1. The molecule has 11 heteroatoms. The van der Waals surface area contributed by atoms with Crippen LogP contribution in [0.2, 0.25) is 0 Å². The summed E-state index contributed by atoms with van der Waals surface area (Å²) in [6.07, 6.45) is -3.91. The topological polar surface area (TPSA) is 83.8 Å². The van der Waals surface area contributed by atoms with Gasteiger partial charge in [0, 0.05) is 32.2 Å². The molecule has 1 aliphatic heterocycles. The Kier molecular flexibility index (Phi) is 6.04. The van der Waals surface area contributed by atoms with Gasteiger partial charge >= 0.3 is 6.18 Å². The molecule has 0 aromatic heterocycles. The third-order valence-electron chi connectivity index (χ3n) is 5.05. The molecule has 162 valence electrons. The van der Waals surface area contributed by atoms with Crippen LogP contribution in [-0.4, -0.2) is 43.8 Å². The zero-order valence-electron chi connectivity index (χ0n) is 16.1. The standard InChI is InChI=1S/C19H20F3N3O4S/c1-2-14-3-6-16(7-4-14)30(28,29)24-11-9-23(10-12-24)17-8-5-15(19(20,21)22)13-18(17)25(26)27/h3-8,13H,2,9-12H2,1H3. The van der Waals surface area contributed by atoms with Crippen molar-refractivity contribution in [3.63, 3.8) is 0 Å². The predicted octanol–water partition coefficient (Wildman–Crippen LogP) is 3.69. The first kappa shape index (κ1) is 22.0. The van der Waals surface area contributed by atoms with E-state index in [9.17, 15) is 31.7 Å². The summed E-state index contributed by atoms with van der Waals surface area (Å²) in [6, 6.07) is 8.94. The van der Waals surface area contributed by atoms with Crippen molar-refractivity contribution in [2.45, 2.75) is 24.4 Å². The smallest absolute Gasteiger partial charge is 0.363 e. The Hall–Kier alpha value is -2.66. The van der Waals surface area contributed by atoms with Gasteiger partial charge in [-0.1, -0.05) is 19.1 Å². The maximum Gasteiger partial charge on any atom is 0.416 e. The molecule has 0 radical (unpaired) electrons. The lowest BCUT2D eigenvalue weighted by molar-refractivity contribution is -0.384. The van der Waals surface area contributed by atoms with Gasteiger partial charge in [-0.25, -0.2) is 8.42 Å². The van der Waals surface area contributed by atoms with Gasteiger partial charge in [0.15, 0.2) is 0 Å². The van der Waals surface area contributed by atoms with Crippen molar-refractivity contribution in [1.29, 1.82) is 0 Å². The first-order chi connectivity index (χ1) is 14.0. The van der Waals surface area contributed by atoms with E-state index in [0.717, 1.165) is 24.1 Å². The maximum absolute atomic E-state index is 12.9. The van der Waals surface area contributed by atoms with Crippen molar-refractivity contribution < 1.29 is 26.5 Å². The zero-order chi connectivity index (χ0) is 22.1. The van der Waals surface area contributed by atoms with Crippen LogP contribution >= 0.6 is 0 Å². The number of nitro benzene ring substituents is 1. The summed E-state index contributed by atoms with van der Waals surface area (Å²) < 4.78 is 65.6. The van der Waals surface area contributed by atoms with E-state index in [2.05, 4.69) is 0 Å². The Morgan fingerprint density at radius 2 is 1.63 bits per heavy atom. The van der Waals surface area contributed by atoms with E-state index in [0.29, 0.717) is 6.07 Å². The molecule has 1 heterocycles. The molecule has 7 nitrogen and oxygen atoms in total. The highest BCUT2D eigenvalue weighted by Gasteiger charge is 2.35. The second kappa shape index (κ2) is 8.23. The van der Waals surface area contributed by atoms with Crippen molar-refractivity contribution >= 4 is 21.4 Å². The highest BCUT2D eigenvalue weighted by Crippen LogP contribution is 2.37. The second-order valence-corrected chi connectivity index (χ2v) is 8.78. The zero-order valence-corrected chi connectivity index (χ0v) is 16.9. The highest BCUT2D eigenvalue weighted by molar-refractivity contribution is 7.89. The van der Waals surface area contributed by atoms with Crippen LogP contribution in [0.4, 0.5) is 24.5 Å². The molecule has 0 bridgehead atoms. The minimum atomic E-state index is -4.69. The molecule has 0 aliphatic carbocycles. The minimum absolute atomic E-state index is 0.0392. The van der Waals surface area contributed by atoms with Gasteiger partial charge in [0.2, 0.25) is 10.0 Å². The number of sulfonamides is 1. The largest absolute Gasteiger partial charge is 0.416 e. The molecule has 0 spiro atoms. The van der Waals surface area contributed by atoms with Crippen LogP contribution in [0.1, 0.15) is 18.1 Å². The molecule has 0 atom stereocenters. The first-order valence-corrected chi connectivity index (χ1v) is 10.7. The summed E-state index contributed by atoms with van der Waals surface area (Å²) in [4.78, 5) is 12.1. The average Bonchev–Trinajstić information content (AvgIpc) is 2.72. The van der Waals surface area contributed by atoms with E-state index in [1.807, 2.05) is 6.92 Å². The molecule has 1 aliphatic rings. The van der Waals surface area contributed by atoms with Gasteiger partial charge in [-0.05, 0) is 36.2 Å². The summed E-state index contributed by atoms with van der Waals surface area (Å²) >= 11 is 0. The molecule has 30 heavy (non-hydrogen) atoms. The first-order valence-electron chi connectivity index (χ1n) is 9.23. The number of aryl methyl sites for hydroxylation is 1. The molecule has 2 aromatic carbocycles. The lowest BCUT2D eigenvalue weighted by Gasteiger charge is -2.35. The monoisotopic (exact) mass is 443 g/mol. The SMILES string of the molecule is CCc1ccc(S(=O)(=O)N2CCN(c3ccc(C(F)(F)F)cc3[N+](=O)[O-])CC2)cc1. The Labute approximate surface area is 171 Å². The Morgan fingerprint density at radius 3 is 2.13 bits per heavy atom. The van der Waals surface area contributed by atoms with Gasteiger partial charge in [-0.3, -0.25) is 10.1 Å². The van der Waals surface area contributed by atoms with E-state index in [1.54, 1.807) is 24.3 Å². The van der Waals surface area contributed by atoms with E-state index >= 15 is 0 Å². The molecule has 1 fully saturated rings. The van der Waals surface area contributed by atoms with Gasteiger partial charge in [-0.15, -0.1) is 0 Å². The third kappa shape index (κ3) is 4.41. The van der Waals surface area contributed by atoms with E-state index in [-0.39, 0.29) is 36.8 Å². The highest BCUT2D eigenvalue weighted by atomic mass is 32.2. The van der Waals surface area contributed by atoms with Crippen molar-refractivity contribution in [2.75, 3.05) is 31.1 Å². The number of rotatable bonds is 5. The lowest BCUT2D eigenvalue weighted by Crippen LogP contribution is -2.48. The molecule has 3 rings (SSSR count). The fraction of sp³-hybridized carbons (Fsp3) is 0.368. The molecule has 0 amide bonds. The minimum Gasteiger partial charge on any atom is -0.363 e. The molecule has 0 saturated carbocycles. The molecular weight excluding hydrogens is 423 g/mol. The van der Waals surface area contributed by atoms with Crippen LogP contribution < -0.4 is 4.90 Å². The van der Waals surface area contributed by atoms with Crippen LogP contribution in [0.15, 0.2) is 47.4 Å². The maximum atomic E-state index is 12.9. The van der Waals surface area contributed by atoms with Crippen LogP contribution in [0.25, 0.3) is 0 Å². The summed E-state index contributed by atoms with van der Waals surface area (Å²) in [6.45, 7) is 2.34. The van der Waals surface area contributed by atoms with Crippen molar-refractivity contribution in [1.82, 2.24) is 4.31 Å². The average molecular weight is 443 g/mol. The normalized spacial score (nSPS) is 15.9. The number of nitro groups is 1. The van der Waals surface area contributed by atoms with Crippen LogP contribution in [0.5, 0.6) is 0 Å². The van der Waals surface area contributed by atoms with Crippen LogP contribution in [0.3, 0.4) is 0 Å². The van der Waals surface area contributed by atoms with E-state index in [4.69, 9.17) is 0 Å². The molecular formula is C19H20F3N3O4S. The quantitative estimate of drug-likeness (QED) is 0.520. The predicted molar refractivity (Wildman–Crippen MR) is 105 cm³/mol. The number of piperazine rings is 1. The fourth-order valence-electron chi connectivity index (χ4n) is 3.33. The molecule has 0 unspecified atom stereocenters. The summed E-state index contributed by atoms with van der Waals surface area (Å²) in [5.74, 6) is 0. The third-order valence-corrected chi connectivity index (χ3v) is 6.96.